The van der Waals surface area contributed by atoms with Crippen molar-refractivity contribution in [2.24, 2.45) is 0 Å². The number of hydrogen-bond acceptors (Lipinski definition) is 3. The highest BCUT2D eigenvalue weighted by atomic mass is 79.9. The summed E-state index contributed by atoms with van der Waals surface area (Å²) in [7, 11) is 1.39. The van der Waals surface area contributed by atoms with Gasteiger partial charge in [-0.05, 0) is 36.2 Å². The predicted molar refractivity (Wildman–Crippen MR) is 82.1 cm³/mol. The zero-order chi connectivity index (χ0) is 14.3. The third-order valence-electron chi connectivity index (χ3n) is 3.45. The molecule has 1 unspecified atom stereocenters. The number of hydrogen-bond donors (Lipinski definition) is 0. The minimum atomic E-state index is -0.467. The summed E-state index contributed by atoms with van der Waals surface area (Å²) >= 11 is 3.40. The SMILES string of the molecule is COC(=O)C(Br)c1cc2c(cc1C)oc1ccccc12. The van der Waals surface area contributed by atoms with E-state index in [9.17, 15) is 4.79 Å². The van der Waals surface area contributed by atoms with E-state index >= 15 is 0 Å². The first-order valence-electron chi connectivity index (χ1n) is 6.25. The second-order valence-corrected chi connectivity index (χ2v) is 5.60. The maximum Gasteiger partial charge on any atom is 0.324 e. The first-order chi connectivity index (χ1) is 9.61. The first kappa shape index (κ1) is 13.2. The molecule has 0 bridgehead atoms. The molecule has 0 N–H and O–H groups in total. The van der Waals surface area contributed by atoms with E-state index in [0.717, 1.165) is 33.1 Å². The maximum atomic E-state index is 11.7. The van der Waals surface area contributed by atoms with Gasteiger partial charge in [-0.15, -0.1) is 0 Å². The third-order valence-corrected chi connectivity index (χ3v) is 4.31. The van der Waals surface area contributed by atoms with Gasteiger partial charge in [0.2, 0.25) is 0 Å². The second-order valence-electron chi connectivity index (χ2n) is 4.69. The molecule has 0 fully saturated rings. The molecule has 0 saturated carbocycles. The summed E-state index contributed by atoms with van der Waals surface area (Å²) in [4.78, 5) is 11.2. The van der Waals surface area contributed by atoms with Crippen molar-refractivity contribution in [3.8, 4) is 0 Å². The van der Waals surface area contributed by atoms with Crippen LogP contribution in [0, 0.1) is 6.92 Å². The van der Waals surface area contributed by atoms with Crippen molar-refractivity contribution in [3.05, 3.63) is 47.5 Å². The Morgan fingerprint density at radius 2 is 1.95 bits per heavy atom. The topological polar surface area (TPSA) is 39.4 Å². The third kappa shape index (κ3) is 2.00. The van der Waals surface area contributed by atoms with Crippen LogP contribution in [0.15, 0.2) is 40.8 Å². The van der Waals surface area contributed by atoms with Gasteiger partial charge in [-0.25, -0.2) is 0 Å². The Morgan fingerprint density at radius 3 is 2.70 bits per heavy atom. The Kier molecular flexibility index (Phi) is 3.26. The molecular formula is C16H13BrO3. The number of para-hydroxylation sites is 1. The van der Waals surface area contributed by atoms with Gasteiger partial charge in [0.1, 0.15) is 16.0 Å². The van der Waals surface area contributed by atoms with Gasteiger partial charge in [-0.1, -0.05) is 34.1 Å². The van der Waals surface area contributed by atoms with Gasteiger partial charge in [0, 0.05) is 10.8 Å². The summed E-state index contributed by atoms with van der Waals surface area (Å²) < 4.78 is 10.6. The Bertz CT molecular complexity index is 804. The summed E-state index contributed by atoms with van der Waals surface area (Å²) in [6, 6.07) is 11.8. The fraction of sp³-hybridized carbons (Fsp3) is 0.188. The average Bonchev–Trinajstić information content (AvgIpc) is 2.82. The van der Waals surface area contributed by atoms with E-state index in [4.69, 9.17) is 9.15 Å². The van der Waals surface area contributed by atoms with Gasteiger partial charge in [0.05, 0.1) is 7.11 Å². The lowest BCUT2D eigenvalue weighted by molar-refractivity contribution is -0.139. The molecule has 0 aliphatic rings. The van der Waals surface area contributed by atoms with Crippen LogP contribution in [0.3, 0.4) is 0 Å². The number of methoxy groups -OCH3 is 1. The molecule has 0 spiro atoms. The lowest BCUT2D eigenvalue weighted by atomic mass is 10.0. The molecule has 0 amide bonds. The van der Waals surface area contributed by atoms with E-state index in [2.05, 4.69) is 15.9 Å². The van der Waals surface area contributed by atoms with Crippen LogP contribution in [-0.4, -0.2) is 13.1 Å². The molecular weight excluding hydrogens is 320 g/mol. The molecule has 0 aliphatic carbocycles. The summed E-state index contributed by atoms with van der Waals surface area (Å²) in [5.74, 6) is -0.305. The van der Waals surface area contributed by atoms with Crippen LogP contribution in [0.1, 0.15) is 16.0 Å². The van der Waals surface area contributed by atoms with Crippen molar-refractivity contribution in [1.29, 1.82) is 0 Å². The summed E-state index contributed by atoms with van der Waals surface area (Å²) in [6.07, 6.45) is 0. The molecule has 102 valence electrons. The standard InChI is InChI=1S/C16H13BrO3/c1-9-7-14-12(8-11(9)15(17)16(18)19-2)10-5-3-4-6-13(10)20-14/h3-8,15H,1-2H3. The van der Waals surface area contributed by atoms with Crippen LogP contribution in [0.4, 0.5) is 0 Å². The number of alkyl halides is 1. The van der Waals surface area contributed by atoms with E-state index in [-0.39, 0.29) is 5.97 Å². The van der Waals surface area contributed by atoms with Crippen molar-refractivity contribution in [2.75, 3.05) is 7.11 Å². The number of halogens is 1. The summed E-state index contributed by atoms with van der Waals surface area (Å²) in [6.45, 7) is 1.96. The predicted octanol–water partition coefficient (Wildman–Crippen LogP) is 4.50. The number of carbonyl (C=O) groups is 1. The normalized spacial score (nSPS) is 12.8. The molecule has 1 atom stereocenters. The van der Waals surface area contributed by atoms with E-state index in [0.29, 0.717) is 0 Å². The Balaban J connectivity index is 2.26. The number of benzene rings is 2. The fourth-order valence-corrected chi connectivity index (χ4v) is 3.07. The molecule has 4 heteroatoms. The Labute approximate surface area is 124 Å². The minimum Gasteiger partial charge on any atom is -0.468 e. The van der Waals surface area contributed by atoms with Crippen LogP contribution in [0.2, 0.25) is 0 Å². The summed E-state index contributed by atoms with van der Waals surface area (Å²) in [5, 5.41) is 2.06. The number of rotatable bonds is 2. The van der Waals surface area contributed by atoms with Gasteiger partial charge >= 0.3 is 5.97 Å². The molecule has 20 heavy (non-hydrogen) atoms. The van der Waals surface area contributed by atoms with Gasteiger partial charge in [0.25, 0.3) is 0 Å². The Morgan fingerprint density at radius 1 is 1.20 bits per heavy atom. The van der Waals surface area contributed by atoms with E-state index in [1.54, 1.807) is 0 Å². The lowest BCUT2D eigenvalue weighted by Crippen LogP contribution is -2.09. The van der Waals surface area contributed by atoms with Crippen LogP contribution < -0.4 is 0 Å². The number of aryl methyl sites for hydroxylation is 1. The molecule has 0 aliphatic heterocycles. The quantitative estimate of drug-likeness (QED) is 0.512. The molecule has 2 aromatic carbocycles. The molecule has 0 radical (unpaired) electrons. The molecule has 3 aromatic rings. The minimum absolute atomic E-state index is 0.305. The van der Waals surface area contributed by atoms with Crippen molar-refractivity contribution < 1.29 is 13.9 Å². The molecule has 1 aromatic heterocycles. The average molecular weight is 333 g/mol. The zero-order valence-corrected chi connectivity index (χ0v) is 12.7. The summed E-state index contributed by atoms with van der Waals surface area (Å²) in [5.41, 5.74) is 3.57. The maximum absolute atomic E-state index is 11.7. The van der Waals surface area contributed by atoms with Crippen molar-refractivity contribution in [1.82, 2.24) is 0 Å². The highest BCUT2D eigenvalue weighted by molar-refractivity contribution is 9.09. The Hall–Kier alpha value is -1.81. The van der Waals surface area contributed by atoms with E-state index in [1.165, 1.54) is 7.11 Å². The van der Waals surface area contributed by atoms with Crippen LogP contribution in [0.25, 0.3) is 21.9 Å². The molecule has 0 saturated heterocycles. The largest absolute Gasteiger partial charge is 0.468 e. The number of esters is 1. The monoisotopic (exact) mass is 332 g/mol. The van der Waals surface area contributed by atoms with Gasteiger partial charge < -0.3 is 9.15 Å². The smallest absolute Gasteiger partial charge is 0.324 e. The number of fused-ring (bicyclic) bond motifs is 3. The number of ether oxygens (including phenoxy) is 1. The van der Waals surface area contributed by atoms with Crippen molar-refractivity contribution >= 4 is 43.8 Å². The van der Waals surface area contributed by atoms with Crippen LogP contribution >= 0.6 is 15.9 Å². The van der Waals surface area contributed by atoms with Crippen molar-refractivity contribution in [2.45, 2.75) is 11.8 Å². The highest BCUT2D eigenvalue weighted by Crippen LogP contribution is 2.35. The highest BCUT2D eigenvalue weighted by Gasteiger charge is 2.21. The number of furan rings is 1. The van der Waals surface area contributed by atoms with Gasteiger partial charge in [-0.3, -0.25) is 4.79 Å². The lowest BCUT2D eigenvalue weighted by Gasteiger charge is -2.11. The van der Waals surface area contributed by atoms with E-state index < -0.39 is 4.83 Å². The molecule has 3 rings (SSSR count). The fourth-order valence-electron chi connectivity index (χ4n) is 2.39. The number of carbonyl (C=O) groups excluding carboxylic acids is 1. The van der Waals surface area contributed by atoms with Gasteiger partial charge in [0.15, 0.2) is 0 Å². The van der Waals surface area contributed by atoms with Crippen molar-refractivity contribution in [3.63, 3.8) is 0 Å². The second kappa shape index (κ2) is 4.94. The van der Waals surface area contributed by atoms with Gasteiger partial charge in [-0.2, -0.15) is 0 Å². The zero-order valence-electron chi connectivity index (χ0n) is 11.1. The molecule has 1 heterocycles. The van der Waals surface area contributed by atoms with Crippen LogP contribution in [-0.2, 0) is 9.53 Å². The van der Waals surface area contributed by atoms with Crippen LogP contribution in [0.5, 0.6) is 0 Å². The first-order valence-corrected chi connectivity index (χ1v) is 7.17. The molecule has 3 nitrogen and oxygen atoms in total. The van der Waals surface area contributed by atoms with E-state index in [1.807, 2.05) is 43.3 Å².